The lowest BCUT2D eigenvalue weighted by atomic mass is 10.6. The summed E-state index contributed by atoms with van der Waals surface area (Å²) in [4.78, 5) is 19.1. The van der Waals surface area contributed by atoms with E-state index in [1.165, 1.54) is 6.08 Å². The van der Waals surface area contributed by atoms with E-state index in [0.29, 0.717) is 12.9 Å². The standard InChI is InChI=1S/C5H8O2.C3H4O/c1-3-5(6)7-4-2;1-2-3-4/h3H,1,4H2,2H3;2-3H,1H2. The van der Waals surface area contributed by atoms with Crippen LogP contribution in [0.2, 0.25) is 0 Å². The van der Waals surface area contributed by atoms with E-state index in [0.717, 1.165) is 6.08 Å². The van der Waals surface area contributed by atoms with Crippen LogP contribution in [0.15, 0.2) is 25.3 Å². The molecular formula is C8H12O3. The second-order valence-electron chi connectivity index (χ2n) is 1.33. The molecule has 0 saturated heterocycles. The molecule has 0 N–H and O–H groups in total. The van der Waals surface area contributed by atoms with Crippen LogP contribution in [0.4, 0.5) is 0 Å². The van der Waals surface area contributed by atoms with Crippen molar-refractivity contribution in [3.8, 4) is 0 Å². The van der Waals surface area contributed by atoms with Gasteiger partial charge >= 0.3 is 5.97 Å². The predicted octanol–water partition coefficient (Wildman–Crippen LogP) is 1.11. The maximum atomic E-state index is 10.1. The van der Waals surface area contributed by atoms with Crippen LogP contribution in [-0.4, -0.2) is 18.9 Å². The fraction of sp³-hybridized carbons (Fsp3) is 0.250. The fourth-order valence-electron chi connectivity index (χ4n) is 0.201. The van der Waals surface area contributed by atoms with Crippen LogP contribution >= 0.6 is 0 Å². The first-order valence-corrected chi connectivity index (χ1v) is 3.08. The molecule has 0 rings (SSSR count). The van der Waals surface area contributed by atoms with Gasteiger partial charge in [0, 0.05) is 6.08 Å². The van der Waals surface area contributed by atoms with Crippen molar-refractivity contribution in [2.45, 2.75) is 6.92 Å². The Morgan fingerprint density at radius 1 is 1.55 bits per heavy atom. The molecule has 0 aromatic heterocycles. The van der Waals surface area contributed by atoms with Crippen LogP contribution in [-0.2, 0) is 14.3 Å². The van der Waals surface area contributed by atoms with Gasteiger partial charge in [-0.25, -0.2) is 4.79 Å². The topological polar surface area (TPSA) is 43.4 Å². The lowest BCUT2D eigenvalue weighted by molar-refractivity contribution is -0.137. The summed E-state index contributed by atoms with van der Waals surface area (Å²) in [5.74, 6) is -0.359. The second-order valence-corrected chi connectivity index (χ2v) is 1.33. The van der Waals surface area contributed by atoms with Gasteiger partial charge in [-0.2, -0.15) is 0 Å². The third-order valence-electron chi connectivity index (χ3n) is 0.549. The molecule has 0 aliphatic rings. The van der Waals surface area contributed by atoms with E-state index in [1.54, 1.807) is 6.92 Å². The number of rotatable bonds is 3. The van der Waals surface area contributed by atoms with Crippen molar-refractivity contribution in [1.82, 2.24) is 0 Å². The Balaban J connectivity index is 0. The van der Waals surface area contributed by atoms with Crippen LogP contribution in [0.25, 0.3) is 0 Å². The fourth-order valence-corrected chi connectivity index (χ4v) is 0.201. The van der Waals surface area contributed by atoms with Crippen LogP contribution < -0.4 is 0 Å². The van der Waals surface area contributed by atoms with E-state index in [-0.39, 0.29) is 5.97 Å². The molecule has 0 radical (unpaired) electrons. The second kappa shape index (κ2) is 11.4. The Morgan fingerprint density at radius 3 is 2.09 bits per heavy atom. The van der Waals surface area contributed by atoms with Gasteiger partial charge in [0.2, 0.25) is 0 Å². The molecule has 0 aromatic rings. The molecule has 0 atom stereocenters. The number of carbonyl (C=O) groups excluding carboxylic acids is 2. The van der Waals surface area contributed by atoms with Crippen LogP contribution in [0.1, 0.15) is 6.92 Å². The Kier molecular flexibility index (Phi) is 12.8. The summed E-state index contributed by atoms with van der Waals surface area (Å²) in [5, 5.41) is 0. The zero-order chi connectivity index (χ0) is 9.11. The highest BCUT2D eigenvalue weighted by molar-refractivity contribution is 5.81. The number of esters is 1. The molecule has 0 heterocycles. The minimum Gasteiger partial charge on any atom is -0.463 e. The highest BCUT2D eigenvalue weighted by Gasteiger charge is 1.86. The van der Waals surface area contributed by atoms with Crippen molar-refractivity contribution in [2.75, 3.05) is 6.61 Å². The van der Waals surface area contributed by atoms with E-state index in [2.05, 4.69) is 17.9 Å². The van der Waals surface area contributed by atoms with Gasteiger partial charge in [0.15, 0.2) is 0 Å². The Labute approximate surface area is 66.4 Å². The minimum absolute atomic E-state index is 0.359. The molecule has 0 aromatic carbocycles. The molecule has 0 bridgehead atoms. The highest BCUT2D eigenvalue weighted by atomic mass is 16.5. The first-order valence-electron chi connectivity index (χ1n) is 3.08. The van der Waals surface area contributed by atoms with Gasteiger partial charge in [0.1, 0.15) is 6.29 Å². The summed E-state index contributed by atoms with van der Waals surface area (Å²) in [6.07, 6.45) is 2.98. The van der Waals surface area contributed by atoms with E-state index < -0.39 is 0 Å². The van der Waals surface area contributed by atoms with Crippen molar-refractivity contribution in [2.24, 2.45) is 0 Å². The molecule has 62 valence electrons. The van der Waals surface area contributed by atoms with E-state index in [1.807, 2.05) is 0 Å². The molecule has 0 fully saturated rings. The number of hydrogen-bond acceptors (Lipinski definition) is 3. The van der Waals surface area contributed by atoms with Crippen molar-refractivity contribution in [3.63, 3.8) is 0 Å². The third kappa shape index (κ3) is 17.7. The third-order valence-corrected chi connectivity index (χ3v) is 0.549. The SMILES string of the molecule is C=CC(=O)OCC.C=CC=O. The number of carbonyl (C=O) groups is 2. The largest absolute Gasteiger partial charge is 0.463 e. The van der Waals surface area contributed by atoms with Gasteiger partial charge < -0.3 is 4.74 Å². The highest BCUT2D eigenvalue weighted by Crippen LogP contribution is 1.74. The van der Waals surface area contributed by atoms with Gasteiger partial charge in [-0.15, -0.1) is 0 Å². The maximum absolute atomic E-state index is 10.1. The molecule has 3 heteroatoms. The average molecular weight is 156 g/mol. The zero-order valence-corrected chi connectivity index (χ0v) is 6.58. The van der Waals surface area contributed by atoms with Crippen LogP contribution in [0.5, 0.6) is 0 Å². The molecule has 11 heavy (non-hydrogen) atoms. The number of aldehydes is 1. The molecule has 0 aliphatic heterocycles. The van der Waals surface area contributed by atoms with E-state index >= 15 is 0 Å². The van der Waals surface area contributed by atoms with Crippen LogP contribution in [0.3, 0.4) is 0 Å². The van der Waals surface area contributed by atoms with Gasteiger partial charge in [-0.3, -0.25) is 4.79 Å². The number of ether oxygens (including phenoxy) is 1. The molecule has 0 aliphatic carbocycles. The van der Waals surface area contributed by atoms with E-state index in [4.69, 9.17) is 4.79 Å². The summed E-state index contributed by atoms with van der Waals surface area (Å²) in [5.41, 5.74) is 0. The lowest BCUT2D eigenvalue weighted by Crippen LogP contribution is -1.97. The van der Waals surface area contributed by atoms with Crippen LogP contribution in [0, 0.1) is 0 Å². The smallest absolute Gasteiger partial charge is 0.330 e. The normalized spacial score (nSPS) is 6.64. The quantitative estimate of drug-likeness (QED) is 0.349. The molecule has 0 saturated carbocycles. The summed E-state index contributed by atoms with van der Waals surface area (Å²) >= 11 is 0. The summed E-state index contributed by atoms with van der Waals surface area (Å²) in [6, 6.07) is 0. The first kappa shape index (κ1) is 12.3. The summed E-state index contributed by atoms with van der Waals surface area (Å²) in [7, 11) is 0. The molecule has 0 amide bonds. The van der Waals surface area contributed by atoms with Gasteiger partial charge in [-0.05, 0) is 13.0 Å². The lowest BCUT2D eigenvalue weighted by Gasteiger charge is -1.90. The zero-order valence-electron chi connectivity index (χ0n) is 6.58. The predicted molar refractivity (Wildman–Crippen MR) is 43.1 cm³/mol. The molecule has 0 unspecified atom stereocenters. The van der Waals surface area contributed by atoms with Gasteiger partial charge in [0.25, 0.3) is 0 Å². The van der Waals surface area contributed by atoms with Gasteiger partial charge in [-0.1, -0.05) is 13.2 Å². The Morgan fingerprint density at radius 2 is 2.00 bits per heavy atom. The van der Waals surface area contributed by atoms with Crippen molar-refractivity contribution >= 4 is 12.3 Å². The monoisotopic (exact) mass is 156 g/mol. The molecule has 0 spiro atoms. The van der Waals surface area contributed by atoms with Crippen molar-refractivity contribution in [1.29, 1.82) is 0 Å². The summed E-state index contributed by atoms with van der Waals surface area (Å²) in [6.45, 7) is 8.49. The molecular weight excluding hydrogens is 144 g/mol. The number of allylic oxidation sites excluding steroid dienone is 1. The summed E-state index contributed by atoms with van der Waals surface area (Å²) < 4.78 is 4.43. The first-order chi connectivity index (χ1) is 5.22. The minimum atomic E-state index is -0.359. The van der Waals surface area contributed by atoms with Gasteiger partial charge in [0.05, 0.1) is 6.61 Å². The van der Waals surface area contributed by atoms with E-state index in [9.17, 15) is 4.79 Å². The number of hydrogen-bond donors (Lipinski definition) is 0. The van der Waals surface area contributed by atoms with Crippen molar-refractivity contribution in [3.05, 3.63) is 25.3 Å². The molecule has 3 nitrogen and oxygen atoms in total. The maximum Gasteiger partial charge on any atom is 0.330 e. The Hall–Kier alpha value is -1.38. The average Bonchev–Trinajstić information content (AvgIpc) is 2.05. The van der Waals surface area contributed by atoms with Crippen molar-refractivity contribution < 1.29 is 14.3 Å². The Bertz CT molecular complexity index is 132.